The normalized spacial score (nSPS) is 13.5. The Morgan fingerprint density at radius 2 is 1.95 bits per heavy atom. The molecule has 0 saturated carbocycles. The summed E-state index contributed by atoms with van der Waals surface area (Å²) >= 11 is 1.90. The van der Waals surface area contributed by atoms with Crippen LogP contribution in [0.3, 0.4) is 0 Å². The van der Waals surface area contributed by atoms with Crippen molar-refractivity contribution in [3.05, 3.63) is 46.9 Å². The minimum absolute atomic E-state index is 1.02. The number of hydrogen-bond donors (Lipinski definition) is 0. The van der Waals surface area contributed by atoms with Crippen LogP contribution >= 0.6 is 11.8 Å². The van der Waals surface area contributed by atoms with Crippen LogP contribution in [0.5, 0.6) is 0 Å². The second-order valence-electron chi connectivity index (χ2n) is 4.75. The molecule has 0 amide bonds. The molecule has 3 heteroatoms. The van der Waals surface area contributed by atoms with Crippen LogP contribution in [0.2, 0.25) is 0 Å². The van der Waals surface area contributed by atoms with Gasteiger partial charge < -0.3 is 4.57 Å². The van der Waals surface area contributed by atoms with E-state index >= 15 is 0 Å². The van der Waals surface area contributed by atoms with Gasteiger partial charge in [0.2, 0.25) is 0 Å². The zero-order chi connectivity index (χ0) is 13.1. The lowest BCUT2D eigenvalue weighted by molar-refractivity contribution is 0.790. The number of imidazole rings is 1. The van der Waals surface area contributed by atoms with Gasteiger partial charge in [-0.05, 0) is 25.0 Å². The fourth-order valence-corrected chi connectivity index (χ4v) is 3.28. The smallest absolute Gasteiger partial charge is 0.110 e. The van der Waals surface area contributed by atoms with Crippen molar-refractivity contribution in [2.24, 2.45) is 7.05 Å². The topological polar surface area (TPSA) is 17.8 Å². The van der Waals surface area contributed by atoms with Gasteiger partial charge in [-0.1, -0.05) is 30.4 Å². The Bertz CT molecular complexity index is 671. The Kier molecular flexibility index (Phi) is 3.74. The third kappa shape index (κ3) is 2.76. The molecule has 98 valence electrons. The van der Waals surface area contributed by atoms with Crippen LogP contribution in [0.4, 0.5) is 0 Å². The standard InChI is InChI=1S/C16H18N2S/c1-18-15-10-6-5-9-14(15)17-16(18)11-12-19-13-7-3-2-4-8-13/h2-4,7-10H,5-6,11-12H2,1H3. The molecular weight excluding hydrogens is 252 g/mol. The van der Waals surface area contributed by atoms with Gasteiger partial charge in [-0.25, -0.2) is 4.98 Å². The minimum atomic E-state index is 1.02. The Balaban J connectivity index is 1.70. The minimum Gasteiger partial charge on any atom is -0.331 e. The number of aromatic nitrogens is 2. The SMILES string of the molecule is Cn1c(CCSc2ccccc2)nc2c1=CCCC=2. The largest absolute Gasteiger partial charge is 0.331 e. The molecule has 0 N–H and O–H groups in total. The van der Waals surface area contributed by atoms with E-state index < -0.39 is 0 Å². The fourth-order valence-electron chi connectivity index (χ4n) is 2.41. The molecule has 0 unspecified atom stereocenters. The molecule has 0 radical (unpaired) electrons. The molecule has 0 fully saturated rings. The van der Waals surface area contributed by atoms with Crippen LogP contribution in [0.25, 0.3) is 12.2 Å². The number of rotatable bonds is 4. The summed E-state index contributed by atoms with van der Waals surface area (Å²) in [5.41, 5.74) is 0. The molecule has 1 aliphatic rings. The first-order valence-corrected chi connectivity index (χ1v) is 7.73. The number of fused-ring (bicyclic) bond motifs is 1. The van der Waals surface area contributed by atoms with E-state index in [4.69, 9.17) is 4.98 Å². The summed E-state index contributed by atoms with van der Waals surface area (Å²) in [6.45, 7) is 0. The Morgan fingerprint density at radius 1 is 1.16 bits per heavy atom. The molecule has 1 aromatic heterocycles. The highest BCUT2D eigenvalue weighted by molar-refractivity contribution is 7.99. The van der Waals surface area contributed by atoms with Crippen molar-refractivity contribution in [3.63, 3.8) is 0 Å². The second-order valence-corrected chi connectivity index (χ2v) is 5.92. The lowest BCUT2D eigenvalue weighted by atomic mass is 10.2. The molecule has 1 aromatic carbocycles. The van der Waals surface area contributed by atoms with E-state index in [0.717, 1.165) is 25.0 Å². The maximum atomic E-state index is 4.74. The van der Waals surface area contributed by atoms with Crippen LogP contribution in [0.15, 0.2) is 35.2 Å². The highest BCUT2D eigenvalue weighted by Crippen LogP contribution is 2.17. The van der Waals surface area contributed by atoms with Gasteiger partial charge in [0, 0.05) is 24.1 Å². The Hall–Kier alpha value is -1.48. The van der Waals surface area contributed by atoms with Crippen LogP contribution in [-0.2, 0) is 13.5 Å². The predicted octanol–water partition coefficient (Wildman–Crippen LogP) is 2.11. The maximum absolute atomic E-state index is 4.74. The summed E-state index contributed by atoms with van der Waals surface area (Å²) in [7, 11) is 2.13. The first-order valence-electron chi connectivity index (χ1n) is 6.74. The van der Waals surface area contributed by atoms with Gasteiger partial charge in [0.1, 0.15) is 5.82 Å². The lowest BCUT2D eigenvalue weighted by Crippen LogP contribution is -2.30. The van der Waals surface area contributed by atoms with Crippen molar-refractivity contribution >= 4 is 23.9 Å². The van der Waals surface area contributed by atoms with Crippen LogP contribution < -0.4 is 10.7 Å². The average Bonchev–Trinajstić information content (AvgIpc) is 2.78. The molecule has 1 heterocycles. The molecule has 3 rings (SSSR count). The number of nitrogens with zero attached hydrogens (tertiary/aromatic N) is 2. The Labute approximate surface area is 117 Å². The van der Waals surface area contributed by atoms with Gasteiger partial charge in [-0.3, -0.25) is 0 Å². The van der Waals surface area contributed by atoms with Crippen molar-refractivity contribution in [1.82, 2.24) is 9.55 Å². The highest BCUT2D eigenvalue weighted by atomic mass is 32.2. The van der Waals surface area contributed by atoms with E-state index in [1.165, 1.54) is 21.4 Å². The van der Waals surface area contributed by atoms with Crippen molar-refractivity contribution in [2.75, 3.05) is 5.75 Å². The molecule has 0 atom stereocenters. The molecule has 0 spiro atoms. The molecule has 19 heavy (non-hydrogen) atoms. The molecular formula is C16H18N2S. The quantitative estimate of drug-likeness (QED) is 0.792. The van der Waals surface area contributed by atoms with Crippen molar-refractivity contribution in [3.8, 4) is 0 Å². The van der Waals surface area contributed by atoms with E-state index in [1.54, 1.807) is 0 Å². The number of thioether (sulfide) groups is 1. The number of hydrogen-bond acceptors (Lipinski definition) is 2. The molecule has 2 aromatic rings. The first-order chi connectivity index (χ1) is 9.34. The van der Waals surface area contributed by atoms with E-state index in [-0.39, 0.29) is 0 Å². The molecule has 0 aliphatic heterocycles. The van der Waals surface area contributed by atoms with E-state index in [1.807, 2.05) is 11.8 Å². The second kappa shape index (κ2) is 5.66. The van der Waals surface area contributed by atoms with Crippen molar-refractivity contribution in [2.45, 2.75) is 24.2 Å². The van der Waals surface area contributed by atoms with E-state index in [2.05, 4.69) is 54.1 Å². The molecule has 2 nitrogen and oxygen atoms in total. The zero-order valence-electron chi connectivity index (χ0n) is 11.2. The van der Waals surface area contributed by atoms with Gasteiger partial charge in [0.25, 0.3) is 0 Å². The zero-order valence-corrected chi connectivity index (χ0v) is 12.0. The summed E-state index contributed by atoms with van der Waals surface area (Å²) in [5.74, 6) is 2.27. The molecule has 0 saturated heterocycles. The van der Waals surface area contributed by atoms with Crippen molar-refractivity contribution < 1.29 is 0 Å². The van der Waals surface area contributed by atoms with Crippen LogP contribution in [0.1, 0.15) is 18.7 Å². The van der Waals surface area contributed by atoms with E-state index in [9.17, 15) is 0 Å². The Morgan fingerprint density at radius 3 is 2.74 bits per heavy atom. The van der Waals surface area contributed by atoms with Crippen LogP contribution in [-0.4, -0.2) is 15.3 Å². The third-order valence-electron chi connectivity index (χ3n) is 3.44. The summed E-state index contributed by atoms with van der Waals surface area (Å²) in [4.78, 5) is 6.08. The first kappa shape index (κ1) is 12.5. The summed E-state index contributed by atoms with van der Waals surface area (Å²) in [5, 5.41) is 2.47. The van der Waals surface area contributed by atoms with Gasteiger partial charge in [-0.2, -0.15) is 0 Å². The van der Waals surface area contributed by atoms with Crippen molar-refractivity contribution in [1.29, 1.82) is 0 Å². The van der Waals surface area contributed by atoms with Gasteiger partial charge in [0.05, 0.1) is 10.7 Å². The molecule has 0 bridgehead atoms. The summed E-state index contributed by atoms with van der Waals surface area (Å²) < 4.78 is 2.25. The van der Waals surface area contributed by atoms with E-state index in [0.29, 0.717) is 0 Å². The van der Waals surface area contributed by atoms with Gasteiger partial charge >= 0.3 is 0 Å². The summed E-state index contributed by atoms with van der Waals surface area (Å²) in [6, 6.07) is 10.6. The fraction of sp³-hybridized carbons (Fsp3) is 0.312. The van der Waals surface area contributed by atoms with Gasteiger partial charge in [-0.15, -0.1) is 11.8 Å². The summed E-state index contributed by atoms with van der Waals surface area (Å²) in [6.07, 6.45) is 7.84. The predicted molar refractivity (Wildman–Crippen MR) is 81.5 cm³/mol. The maximum Gasteiger partial charge on any atom is 0.110 e. The molecule has 1 aliphatic carbocycles. The highest BCUT2D eigenvalue weighted by Gasteiger charge is 2.06. The number of aryl methyl sites for hydroxylation is 1. The third-order valence-corrected chi connectivity index (χ3v) is 4.45. The lowest BCUT2D eigenvalue weighted by Gasteiger charge is -2.03. The van der Waals surface area contributed by atoms with Crippen LogP contribution in [0, 0.1) is 0 Å². The average molecular weight is 270 g/mol. The number of benzene rings is 1. The monoisotopic (exact) mass is 270 g/mol. The van der Waals surface area contributed by atoms with Gasteiger partial charge in [0.15, 0.2) is 0 Å².